The number of hydrogen-bond donors (Lipinski definition) is 3. The molecule has 7 nitrogen and oxygen atoms in total. The molecule has 0 aromatic heterocycles. The molecule has 9 heteroatoms. The minimum atomic E-state index is -5.01. The number of hydrogen-bond acceptors (Lipinski definition) is 4. The van der Waals surface area contributed by atoms with Gasteiger partial charge in [0.15, 0.2) is 0 Å². The number of aliphatic carboxylic acids is 2. The summed E-state index contributed by atoms with van der Waals surface area (Å²) in [5.74, 6) is -3.38. The summed E-state index contributed by atoms with van der Waals surface area (Å²) in [7, 11) is -5.01. The van der Waals surface area contributed by atoms with Crippen molar-refractivity contribution in [3.05, 3.63) is 0 Å². The topological polar surface area (TPSA) is 129 Å². The van der Waals surface area contributed by atoms with Crippen LogP contribution < -0.4 is 29.6 Å². The Balaban J connectivity index is 0. The van der Waals surface area contributed by atoms with Crippen LogP contribution in [0, 0.1) is 0 Å². The summed E-state index contributed by atoms with van der Waals surface area (Å²) in [5.41, 5.74) is 0. The van der Waals surface area contributed by atoms with Crippen molar-refractivity contribution in [3.8, 4) is 0 Å². The third kappa shape index (κ3) is 10.6. The monoisotopic (exact) mass is 389 g/mol. The maximum absolute atomic E-state index is 11.4. The molecule has 3 N–H and O–H groups in total. The number of carbonyl (C=O) groups is 2. The molecular formula is C16H30NaO7S+. The first-order chi connectivity index (χ1) is 11.2. The molecule has 0 aliphatic heterocycles. The van der Waals surface area contributed by atoms with Gasteiger partial charge in [0.2, 0.25) is 4.75 Å². The van der Waals surface area contributed by atoms with E-state index < -0.39 is 39.6 Å². The van der Waals surface area contributed by atoms with Crippen LogP contribution >= 0.6 is 0 Å². The van der Waals surface area contributed by atoms with E-state index in [1.807, 2.05) is 0 Å². The van der Waals surface area contributed by atoms with Crippen molar-refractivity contribution in [3.63, 3.8) is 0 Å². The van der Waals surface area contributed by atoms with Crippen LogP contribution in [-0.2, 0) is 19.7 Å². The first-order valence-corrected chi connectivity index (χ1v) is 10.0. The summed E-state index contributed by atoms with van der Waals surface area (Å²) in [6.07, 6.45) is 8.27. The van der Waals surface area contributed by atoms with E-state index in [-0.39, 0.29) is 36.0 Å². The van der Waals surface area contributed by atoms with Crippen LogP contribution in [0.3, 0.4) is 0 Å². The van der Waals surface area contributed by atoms with Gasteiger partial charge < -0.3 is 10.2 Å². The largest absolute Gasteiger partial charge is 1.00 e. The number of unbranched alkanes of at least 4 members (excludes halogenated alkanes) is 9. The summed E-state index contributed by atoms with van der Waals surface area (Å²) in [5, 5.41) is 17.9. The van der Waals surface area contributed by atoms with Gasteiger partial charge in [-0.25, -0.2) is 0 Å². The smallest absolute Gasteiger partial charge is 0.481 e. The summed E-state index contributed by atoms with van der Waals surface area (Å²) >= 11 is 0. The van der Waals surface area contributed by atoms with E-state index in [2.05, 4.69) is 6.92 Å². The fourth-order valence-corrected chi connectivity index (χ4v) is 3.67. The molecule has 0 heterocycles. The van der Waals surface area contributed by atoms with Crippen molar-refractivity contribution >= 4 is 22.1 Å². The molecule has 0 fully saturated rings. The van der Waals surface area contributed by atoms with Gasteiger partial charge in [-0.05, 0) is 6.42 Å². The maximum Gasteiger partial charge on any atom is 1.00 e. The van der Waals surface area contributed by atoms with Crippen molar-refractivity contribution in [1.29, 1.82) is 0 Å². The molecular weight excluding hydrogens is 359 g/mol. The van der Waals surface area contributed by atoms with Crippen molar-refractivity contribution < 1.29 is 62.3 Å². The first kappa shape index (κ1) is 27.1. The van der Waals surface area contributed by atoms with Crippen molar-refractivity contribution in [2.24, 2.45) is 0 Å². The summed E-state index contributed by atoms with van der Waals surface area (Å²) in [6.45, 7) is 2.16. The molecule has 0 radical (unpaired) electrons. The van der Waals surface area contributed by atoms with Crippen LogP contribution in [0.2, 0.25) is 0 Å². The van der Waals surface area contributed by atoms with E-state index in [1.54, 1.807) is 0 Å². The average Bonchev–Trinajstić information content (AvgIpc) is 2.46. The molecule has 142 valence electrons. The van der Waals surface area contributed by atoms with Gasteiger partial charge in [-0.3, -0.25) is 14.1 Å². The molecule has 0 amide bonds. The van der Waals surface area contributed by atoms with Crippen molar-refractivity contribution in [2.45, 2.75) is 88.7 Å². The second-order valence-electron chi connectivity index (χ2n) is 6.28. The Morgan fingerprint density at radius 3 is 1.56 bits per heavy atom. The van der Waals surface area contributed by atoms with Crippen molar-refractivity contribution in [1.82, 2.24) is 0 Å². The number of carboxylic acids is 2. The van der Waals surface area contributed by atoms with Crippen LogP contribution in [0.15, 0.2) is 0 Å². The molecule has 0 rings (SSSR count). The minimum absolute atomic E-state index is 0. The van der Waals surface area contributed by atoms with Crippen molar-refractivity contribution in [2.75, 3.05) is 0 Å². The molecule has 0 aliphatic rings. The van der Waals surface area contributed by atoms with Gasteiger partial charge in [-0.15, -0.1) is 0 Å². The molecule has 1 atom stereocenters. The maximum atomic E-state index is 11.4. The van der Waals surface area contributed by atoms with Crippen LogP contribution in [0.4, 0.5) is 0 Å². The zero-order chi connectivity index (χ0) is 18.6. The van der Waals surface area contributed by atoms with E-state index in [0.29, 0.717) is 6.42 Å². The van der Waals surface area contributed by atoms with Gasteiger partial charge in [-0.2, -0.15) is 8.42 Å². The van der Waals surface area contributed by atoms with Crippen LogP contribution in [-0.4, -0.2) is 39.9 Å². The fourth-order valence-electron chi connectivity index (χ4n) is 2.74. The normalized spacial score (nSPS) is 13.7. The fraction of sp³-hybridized carbons (Fsp3) is 0.875. The molecule has 1 unspecified atom stereocenters. The Morgan fingerprint density at radius 2 is 1.24 bits per heavy atom. The third-order valence-electron chi connectivity index (χ3n) is 4.25. The van der Waals surface area contributed by atoms with Gasteiger partial charge in [0.1, 0.15) is 0 Å². The summed E-state index contributed by atoms with van der Waals surface area (Å²) in [6, 6.07) is 0. The quantitative estimate of drug-likeness (QED) is 0.211. The predicted octanol–water partition coefficient (Wildman–Crippen LogP) is 0.487. The minimum Gasteiger partial charge on any atom is -0.481 e. The van der Waals surface area contributed by atoms with E-state index in [0.717, 1.165) is 25.7 Å². The number of rotatable bonds is 15. The Hall–Kier alpha value is -0.150. The van der Waals surface area contributed by atoms with Crippen LogP contribution in [0.25, 0.3) is 0 Å². The van der Waals surface area contributed by atoms with E-state index >= 15 is 0 Å². The second-order valence-corrected chi connectivity index (χ2v) is 8.01. The Kier molecular flexibility index (Phi) is 15.1. The summed E-state index contributed by atoms with van der Waals surface area (Å²) < 4.78 is 29.4. The number of carboxylic acid groups (broad SMARTS) is 2. The van der Waals surface area contributed by atoms with E-state index in [1.165, 1.54) is 25.7 Å². The molecule has 0 saturated heterocycles. The molecule has 0 aromatic rings. The van der Waals surface area contributed by atoms with Gasteiger partial charge in [0, 0.05) is 0 Å². The zero-order valence-corrected chi connectivity index (χ0v) is 18.2. The second kappa shape index (κ2) is 14.0. The predicted molar refractivity (Wildman–Crippen MR) is 90.6 cm³/mol. The standard InChI is InChI=1S/C16H30O7S.Na/c1-2-3-4-5-6-7-8-9-10-11-12-16(15(19)20,13-14(17)18)24(21,22)23;/h2-13H2,1H3,(H,17,18)(H,19,20)(H,21,22,23);/q;+1. The Bertz CT molecular complexity index is 493. The summed E-state index contributed by atoms with van der Waals surface area (Å²) in [4.78, 5) is 22.1. The van der Waals surface area contributed by atoms with Crippen LogP contribution in [0.1, 0.15) is 84.0 Å². The molecule has 0 bridgehead atoms. The molecule has 0 aromatic carbocycles. The van der Waals surface area contributed by atoms with Gasteiger partial charge in [0.05, 0.1) is 6.42 Å². The Morgan fingerprint density at radius 1 is 0.840 bits per heavy atom. The average molecular weight is 389 g/mol. The Labute approximate surface area is 172 Å². The first-order valence-electron chi connectivity index (χ1n) is 8.59. The van der Waals surface area contributed by atoms with E-state index in [9.17, 15) is 22.6 Å². The van der Waals surface area contributed by atoms with Crippen LogP contribution in [0.5, 0.6) is 0 Å². The SMILES string of the molecule is CCCCCCCCCCCCC(CC(=O)O)(C(=O)O)S(=O)(=O)O.[Na+]. The molecule has 0 aliphatic carbocycles. The zero-order valence-electron chi connectivity index (χ0n) is 15.4. The molecule has 0 spiro atoms. The van der Waals surface area contributed by atoms with Gasteiger partial charge >= 0.3 is 41.5 Å². The third-order valence-corrected chi connectivity index (χ3v) is 5.77. The van der Waals surface area contributed by atoms with Gasteiger partial charge in [-0.1, -0.05) is 71.1 Å². The van der Waals surface area contributed by atoms with E-state index in [4.69, 9.17) is 10.2 Å². The molecule has 25 heavy (non-hydrogen) atoms. The van der Waals surface area contributed by atoms with Gasteiger partial charge in [0.25, 0.3) is 10.1 Å². The molecule has 0 saturated carbocycles.